The van der Waals surface area contributed by atoms with Gasteiger partial charge in [-0.25, -0.2) is 0 Å². The molecule has 0 radical (unpaired) electrons. The maximum absolute atomic E-state index is 6.46. The molecule has 21 heavy (non-hydrogen) atoms. The number of nitrogens with two attached hydrogens (primary N) is 1. The smallest absolute Gasteiger partial charge is 0.161 e. The molecule has 0 spiro atoms. The molecule has 4 heteroatoms. The van der Waals surface area contributed by atoms with Gasteiger partial charge in [0, 0.05) is 16.4 Å². The van der Waals surface area contributed by atoms with E-state index < -0.39 is 0 Å². The monoisotopic (exact) mass is 349 g/mol. The van der Waals surface area contributed by atoms with Crippen LogP contribution in [0.5, 0.6) is 11.5 Å². The first-order chi connectivity index (χ1) is 10.1. The molecule has 0 aliphatic rings. The lowest BCUT2D eigenvalue weighted by molar-refractivity contribution is 0.353. The van der Waals surface area contributed by atoms with Gasteiger partial charge in [0.2, 0.25) is 0 Å². The minimum atomic E-state index is -0.137. The van der Waals surface area contributed by atoms with Crippen LogP contribution >= 0.6 is 15.9 Å². The van der Waals surface area contributed by atoms with Crippen molar-refractivity contribution in [1.82, 2.24) is 0 Å². The summed E-state index contributed by atoms with van der Waals surface area (Å²) < 4.78 is 11.6. The first-order valence-electron chi connectivity index (χ1n) is 6.80. The van der Waals surface area contributed by atoms with Gasteiger partial charge in [-0.1, -0.05) is 53.2 Å². The minimum absolute atomic E-state index is 0.137. The highest BCUT2D eigenvalue weighted by molar-refractivity contribution is 9.10. The lowest BCUT2D eigenvalue weighted by Gasteiger charge is -2.23. The first kappa shape index (κ1) is 15.9. The van der Waals surface area contributed by atoms with Crippen LogP contribution in [0.25, 0.3) is 0 Å². The zero-order chi connectivity index (χ0) is 15.4. The zero-order valence-corrected chi connectivity index (χ0v) is 14.1. The Kier molecular flexibility index (Phi) is 5.26. The SMILES string of the molecule is COc1cc(Br)c(C(N)C(C)c2ccccc2)cc1OC. The molecule has 0 bridgehead atoms. The van der Waals surface area contributed by atoms with Crippen molar-refractivity contribution in [2.45, 2.75) is 18.9 Å². The number of ether oxygens (including phenoxy) is 2. The summed E-state index contributed by atoms with van der Waals surface area (Å²) in [5.41, 5.74) is 8.68. The number of halogens is 1. The van der Waals surface area contributed by atoms with E-state index in [9.17, 15) is 0 Å². The lowest BCUT2D eigenvalue weighted by atomic mass is 9.89. The van der Waals surface area contributed by atoms with E-state index in [1.807, 2.05) is 30.3 Å². The van der Waals surface area contributed by atoms with Crippen LogP contribution in [-0.2, 0) is 0 Å². The van der Waals surface area contributed by atoms with E-state index in [1.54, 1.807) is 14.2 Å². The fraction of sp³-hybridized carbons (Fsp3) is 0.294. The topological polar surface area (TPSA) is 44.5 Å². The quantitative estimate of drug-likeness (QED) is 0.876. The van der Waals surface area contributed by atoms with Crippen LogP contribution in [0.1, 0.15) is 30.0 Å². The molecule has 0 aliphatic heterocycles. The molecule has 3 nitrogen and oxygen atoms in total. The number of rotatable bonds is 5. The van der Waals surface area contributed by atoms with Gasteiger partial charge in [-0.05, 0) is 23.3 Å². The molecule has 0 saturated heterocycles. The molecule has 2 unspecified atom stereocenters. The third-order valence-electron chi connectivity index (χ3n) is 3.73. The predicted molar refractivity (Wildman–Crippen MR) is 89.0 cm³/mol. The number of hydrogen-bond donors (Lipinski definition) is 1. The Hall–Kier alpha value is -1.52. The van der Waals surface area contributed by atoms with Gasteiger partial charge in [0.25, 0.3) is 0 Å². The fourth-order valence-electron chi connectivity index (χ4n) is 2.36. The summed E-state index contributed by atoms with van der Waals surface area (Å²) in [5, 5.41) is 0. The third kappa shape index (κ3) is 3.39. The van der Waals surface area contributed by atoms with Crippen LogP contribution in [0, 0.1) is 0 Å². The van der Waals surface area contributed by atoms with Crippen molar-refractivity contribution in [3.05, 3.63) is 58.1 Å². The van der Waals surface area contributed by atoms with Gasteiger partial charge in [0.1, 0.15) is 0 Å². The molecule has 0 saturated carbocycles. The van der Waals surface area contributed by atoms with Crippen molar-refractivity contribution in [1.29, 1.82) is 0 Å². The summed E-state index contributed by atoms with van der Waals surface area (Å²) in [7, 11) is 3.25. The van der Waals surface area contributed by atoms with Gasteiger partial charge in [-0.3, -0.25) is 0 Å². The van der Waals surface area contributed by atoms with Crippen LogP contribution in [0.3, 0.4) is 0 Å². The van der Waals surface area contributed by atoms with E-state index in [4.69, 9.17) is 15.2 Å². The van der Waals surface area contributed by atoms with Crippen molar-refractivity contribution in [3.8, 4) is 11.5 Å². The Labute approximate surface area is 134 Å². The fourth-order valence-corrected chi connectivity index (χ4v) is 2.95. The van der Waals surface area contributed by atoms with Gasteiger partial charge in [-0.15, -0.1) is 0 Å². The third-order valence-corrected chi connectivity index (χ3v) is 4.41. The summed E-state index contributed by atoms with van der Waals surface area (Å²) in [4.78, 5) is 0. The van der Waals surface area contributed by atoms with Crippen LogP contribution in [0.2, 0.25) is 0 Å². The number of methoxy groups -OCH3 is 2. The molecule has 2 atom stereocenters. The van der Waals surface area contributed by atoms with Gasteiger partial charge in [-0.2, -0.15) is 0 Å². The molecule has 0 aromatic heterocycles. The second-order valence-electron chi connectivity index (χ2n) is 4.95. The van der Waals surface area contributed by atoms with Crippen LogP contribution in [0.15, 0.2) is 46.9 Å². The van der Waals surface area contributed by atoms with Crippen molar-refractivity contribution in [3.63, 3.8) is 0 Å². The van der Waals surface area contributed by atoms with E-state index in [0.717, 1.165) is 10.0 Å². The van der Waals surface area contributed by atoms with Crippen molar-refractivity contribution < 1.29 is 9.47 Å². The van der Waals surface area contributed by atoms with E-state index in [-0.39, 0.29) is 12.0 Å². The molecule has 0 fully saturated rings. The highest BCUT2D eigenvalue weighted by Crippen LogP contribution is 2.39. The molecular formula is C17H20BrNO2. The summed E-state index contributed by atoms with van der Waals surface area (Å²) in [5.74, 6) is 1.57. The van der Waals surface area contributed by atoms with Crippen molar-refractivity contribution >= 4 is 15.9 Å². The molecular weight excluding hydrogens is 330 g/mol. The van der Waals surface area contributed by atoms with Crippen LogP contribution in [0.4, 0.5) is 0 Å². The largest absolute Gasteiger partial charge is 0.493 e. The second-order valence-corrected chi connectivity index (χ2v) is 5.81. The number of benzene rings is 2. The van der Waals surface area contributed by atoms with Gasteiger partial charge >= 0.3 is 0 Å². The normalized spacial score (nSPS) is 13.6. The second kappa shape index (κ2) is 6.96. The van der Waals surface area contributed by atoms with Gasteiger partial charge in [0.15, 0.2) is 11.5 Å². The first-order valence-corrected chi connectivity index (χ1v) is 7.59. The zero-order valence-electron chi connectivity index (χ0n) is 12.5. The van der Waals surface area contributed by atoms with Crippen molar-refractivity contribution in [2.75, 3.05) is 14.2 Å². The maximum atomic E-state index is 6.46. The van der Waals surface area contributed by atoms with E-state index in [1.165, 1.54) is 5.56 Å². The Morgan fingerprint density at radius 2 is 1.57 bits per heavy atom. The standard InChI is InChI=1S/C17H20BrNO2/c1-11(12-7-5-4-6-8-12)17(19)13-9-15(20-2)16(21-3)10-14(13)18/h4-11,17H,19H2,1-3H3. The molecule has 0 heterocycles. The summed E-state index contributed by atoms with van der Waals surface area (Å²) in [6, 6.07) is 14.0. The molecule has 2 aromatic rings. The molecule has 0 aliphatic carbocycles. The molecule has 0 amide bonds. The average molecular weight is 350 g/mol. The molecule has 112 valence electrons. The highest BCUT2D eigenvalue weighted by Gasteiger charge is 2.21. The van der Waals surface area contributed by atoms with Gasteiger partial charge < -0.3 is 15.2 Å². The average Bonchev–Trinajstić information content (AvgIpc) is 2.54. The summed E-state index contributed by atoms with van der Waals surface area (Å²) in [6.07, 6.45) is 0. The Morgan fingerprint density at radius 1 is 1.00 bits per heavy atom. The van der Waals surface area contributed by atoms with Crippen molar-refractivity contribution in [2.24, 2.45) is 5.73 Å². The Balaban J connectivity index is 2.37. The van der Waals surface area contributed by atoms with E-state index in [0.29, 0.717) is 11.5 Å². The Bertz CT molecular complexity index is 601. The maximum Gasteiger partial charge on any atom is 0.161 e. The summed E-state index contributed by atoms with van der Waals surface area (Å²) >= 11 is 3.58. The van der Waals surface area contributed by atoms with Crippen LogP contribution < -0.4 is 15.2 Å². The highest BCUT2D eigenvalue weighted by atomic mass is 79.9. The minimum Gasteiger partial charge on any atom is -0.493 e. The lowest BCUT2D eigenvalue weighted by Crippen LogP contribution is -2.18. The predicted octanol–water partition coefficient (Wildman–Crippen LogP) is 4.27. The van der Waals surface area contributed by atoms with Gasteiger partial charge in [0.05, 0.1) is 14.2 Å². The van der Waals surface area contributed by atoms with E-state index in [2.05, 4.69) is 35.0 Å². The number of hydrogen-bond acceptors (Lipinski definition) is 3. The molecule has 2 rings (SSSR count). The van der Waals surface area contributed by atoms with E-state index >= 15 is 0 Å². The van der Waals surface area contributed by atoms with Crippen LogP contribution in [-0.4, -0.2) is 14.2 Å². The Morgan fingerprint density at radius 3 is 2.14 bits per heavy atom. The molecule has 2 N–H and O–H groups in total. The summed E-state index contributed by atoms with van der Waals surface area (Å²) in [6.45, 7) is 2.13. The molecule has 2 aromatic carbocycles.